The second-order valence-corrected chi connectivity index (χ2v) is 7.05. The number of hydrogen-bond acceptors (Lipinski definition) is 2. The Morgan fingerprint density at radius 3 is 2.67 bits per heavy atom. The van der Waals surface area contributed by atoms with Crippen LogP contribution in [0, 0.1) is 11.8 Å². The lowest BCUT2D eigenvalue weighted by Gasteiger charge is -2.44. The molecule has 0 radical (unpaired) electrons. The van der Waals surface area contributed by atoms with Crippen LogP contribution in [0.5, 0.6) is 0 Å². The summed E-state index contributed by atoms with van der Waals surface area (Å²) >= 11 is 0. The van der Waals surface area contributed by atoms with Gasteiger partial charge in [-0.2, -0.15) is 0 Å². The van der Waals surface area contributed by atoms with Gasteiger partial charge in [-0.25, -0.2) is 0 Å². The van der Waals surface area contributed by atoms with Crippen LogP contribution in [-0.2, 0) is 6.54 Å². The van der Waals surface area contributed by atoms with Crippen molar-refractivity contribution in [3.05, 3.63) is 48.0 Å². The second kappa shape index (κ2) is 5.94. The highest BCUT2D eigenvalue weighted by atomic mass is 15.1. The van der Waals surface area contributed by atoms with Gasteiger partial charge in [0.2, 0.25) is 0 Å². The van der Waals surface area contributed by atoms with Crippen molar-refractivity contribution in [1.82, 2.24) is 10.2 Å². The fraction of sp³-hybridized carbons (Fsp3) is 0.579. The Morgan fingerprint density at radius 1 is 1.10 bits per heavy atom. The number of likely N-dealkylation sites (tertiary alicyclic amines) is 1. The summed E-state index contributed by atoms with van der Waals surface area (Å²) in [6.45, 7) is 3.59. The minimum Gasteiger partial charge on any atom is -0.311 e. The van der Waals surface area contributed by atoms with Gasteiger partial charge >= 0.3 is 0 Å². The van der Waals surface area contributed by atoms with E-state index in [4.69, 9.17) is 0 Å². The molecule has 1 heterocycles. The molecule has 112 valence electrons. The first-order valence-corrected chi connectivity index (χ1v) is 8.57. The minimum absolute atomic E-state index is 0.747. The van der Waals surface area contributed by atoms with Crippen molar-refractivity contribution in [3.63, 3.8) is 0 Å². The smallest absolute Gasteiger partial charge is 0.0233 e. The third-order valence-corrected chi connectivity index (χ3v) is 5.65. The number of hydrogen-bond donors (Lipinski definition) is 1. The average molecular weight is 282 g/mol. The fourth-order valence-electron chi connectivity index (χ4n) is 4.31. The van der Waals surface area contributed by atoms with Crippen molar-refractivity contribution in [2.24, 2.45) is 11.8 Å². The summed E-state index contributed by atoms with van der Waals surface area (Å²) in [5.41, 5.74) is 1.45. The Morgan fingerprint density at radius 2 is 1.90 bits per heavy atom. The zero-order valence-electron chi connectivity index (χ0n) is 12.7. The monoisotopic (exact) mass is 282 g/mol. The third kappa shape index (κ3) is 2.93. The molecule has 0 amide bonds. The summed E-state index contributed by atoms with van der Waals surface area (Å²) in [5.74, 6) is 1.83. The van der Waals surface area contributed by atoms with Crippen molar-refractivity contribution >= 4 is 0 Å². The number of nitrogens with one attached hydrogen (secondary N) is 1. The molecule has 3 aliphatic rings. The number of piperidine rings is 1. The summed E-state index contributed by atoms with van der Waals surface area (Å²) in [4.78, 5) is 2.60. The fourth-order valence-corrected chi connectivity index (χ4v) is 4.31. The van der Waals surface area contributed by atoms with Crippen LogP contribution >= 0.6 is 0 Å². The Bertz CT molecular complexity index is 488. The van der Waals surface area contributed by atoms with Crippen LogP contribution < -0.4 is 5.32 Å². The van der Waals surface area contributed by atoms with Crippen molar-refractivity contribution in [2.75, 3.05) is 13.1 Å². The van der Waals surface area contributed by atoms with Crippen LogP contribution in [0.25, 0.3) is 0 Å². The molecule has 2 fully saturated rings. The first kappa shape index (κ1) is 13.5. The van der Waals surface area contributed by atoms with Gasteiger partial charge in [0.1, 0.15) is 0 Å². The van der Waals surface area contributed by atoms with Crippen LogP contribution in [0.3, 0.4) is 0 Å². The van der Waals surface area contributed by atoms with Crippen LogP contribution in [0.1, 0.15) is 31.2 Å². The second-order valence-electron chi connectivity index (χ2n) is 7.05. The molecule has 0 spiro atoms. The first-order chi connectivity index (χ1) is 10.4. The van der Waals surface area contributed by atoms with E-state index in [0.717, 1.165) is 30.5 Å². The van der Waals surface area contributed by atoms with Gasteiger partial charge < -0.3 is 5.32 Å². The van der Waals surface area contributed by atoms with Crippen molar-refractivity contribution in [2.45, 2.75) is 44.3 Å². The molecule has 2 heteroatoms. The first-order valence-electron chi connectivity index (χ1n) is 8.57. The molecule has 0 bridgehead atoms. The zero-order chi connectivity index (χ0) is 14.1. The van der Waals surface area contributed by atoms with E-state index in [-0.39, 0.29) is 0 Å². The molecular formula is C19H26N2. The number of benzene rings is 1. The maximum absolute atomic E-state index is 3.93. The molecule has 21 heavy (non-hydrogen) atoms. The molecule has 1 saturated heterocycles. The van der Waals surface area contributed by atoms with Crippen molar-refractivity contribution in [3.8, 4) is 0 Å². The molecular weight excluding hydrogens is 256 g/mol. The predicted octanol–water partition coefficient (Wildman–Crippen LogP) is 3.21. The van der Waals surface area contributed by atoms with Gasteiger partial charge in [0.05, 0.1) is 0 Å². The summed E-state index contributed by atoms with van der Waals surface area (Å²) in [6, 6.07) is 12.4. The summed E-state index contributed by atoms with van der Waals surface area (Å²) < 4.78 is 0. The van der Waals surface area contributed by atoms with E-state index < -0.39 is 0 Å². The Kier molecular flexibility index (Phi) is 3.83. The van der Waals surface area contributed by atoms with Crippen LogP contribution in [0.4, 0.5) is 0 Å². The van der Waals surface area contributed by atoms with E-state index in [0.29, 0.717) is 0 Å². The summed E-state index contributed by atoms with van der Waals surface area (Å²) in [6.07, 6.45) is 10.2. The van der Waals surface area contributed by atoms with E-state index in [2.05, 4.69) is 52.7 Å². The van der Waals surface area contributed by atoms with Crippen molar-refractivity contribution < 1.29 is 0 Å². The van der Waals surface area contributed by atoms with Gasteiger partial charge in [-0.05, 0) is 56.2 Å². The highest BCUT2D eigenvalue weighted by Crippen LogP contribution is 2.43. The van der Waals surface area contributed by atoms with Gasteiger partial charge in [-0.3, -0.25) is 4.90 Å². The number of rotatable bonds is 4. The van der Waals surface area contributed by atoms with Crippen LogP contribution in [0.2, 0.25) is 0 Å². The maximum Gasteiger partial charge on any atom is 0.0233 e. The topological polar surface area (TPSA) is 15.3 Å². The minimum atomic E-state index is 0.747. The molecule has 3 atom stereocenters. The van der Waals surface area contributed by atoms with E-state index in [9.17, 15) is 0 Å². The van der Waals surface area contributed by atoms with E-state index in [1.54, 1.807) is 0 Å². The quantitative estimate of drug-likeness (QED) is 0.853. The van der Waals surface area contributed by atoms with Gasteiger partial charge in [-0.15, -0.1) is 0 Å². The number of allylic oxidation sites excluding steroid dienone is 1. The highest BCUT2D eigenvalue weighted by Gasteiger charge is 2.41. The summed E-state index contributed by atoms with van der Waals surface area (Å²) in [5, 5.41) is 3.93. The average Bonchev–Trinajstić information content (AvgIpc) is 2.89. The normalized spacial score (nSPS) is 32.9. The Balaban J connectivity index is 1.23. The zero-order valence-corrected chi connectivity index (χ0v) is 12.7. The molecule has 4 rings (SSSR count). The molecule has 2 nitrogen and oxygen atoms in total. The molecule has 1 aliphatic heterocycles. The molecule has 1 aromatic carbocycles. The molecule has 0 unspecified atom stereocenters. The predicted molar refractivity (Wildman–Crippen MR) is 87.0 cm³/mol. The van der Waals surface area contributed by atoms with E-state index in [1.807, 2.05) is 0 Å². The maximum atomic E-state index is 3.93. The van der Waals surface area contributed by atoms with Gasteiger partial charge in [0.15, 0.2) is 0 Å². The SMILES string of the molecule is C1=C[C@H]2[C@@H](C1)C[C@H]2NC1CCN(Cc2ccccc2)CC1. The Labute approximate surface area is 128 Å². The number of nitrogens with zero attached hydrogens (tertiary/aromatic N) is 1. The lowest BCUT2D eigenvalue weighted by molar-refractivity contribution is 0.120. The lowest BCUT2D eigenvalue weighted by atomic mass is 9.71. The molecule has 1 aromatic rings. The van der Waals surface area contributed by atoms with Crippen molar-refractivity contribution in [1.29, 1.82) is 0 Å². The number of fused-ring (bicyclic) bond motifs is 1. The van der Waals surface area contributed by atoms with Gasteiger partial charge in [0.25, 0.3) is 0 Å². The van der Waals surface area contributed by atoms with Gasteiger partial charge in [0, 0.05) is 18.6 Å². The Hall–Kier alpha value is -1.12. The van der Waals surface area contributed by atoms with E-state index >= 15 is 0 Å². The lowest BCUT2D eigenvalue weighted by Crippen LogP contribution is -2.54. The summed E-state index contributed by atoms with van der Waals surface area (Å²) in [7, 11) is 0. The largest absolute Gasteiger partial charge is 0.311 e. The van der Waals surface area contributed by atoms with E-state index in [1.165, 1.54) is 44.3 Å². The van der Waals surface area contributed by atoms with Gasteiger partial charge in [-0.1, -0.05) is 42.5 Å². The van der Waals surface area contributed by atoms with Crippen LogP contribution in [0.15, 0.2) is 42.5 Å². The molecule has 1 N–H and O–H groups in total. The van der Waals surface area contributed by atoms with Crippen LogP contribution in [-0.4, -0.2) is 30.1 Å². The third-order valence-electron chi connectivity index (χ3n) is 5.65. The molecule has 2 aliphatic carbocycles. The highest BCUT2D eigenvalue weighted by molar-refractivity contribution is 5.15. The molecule has 1 saturated carbocycles. The molecule has 0 aromatic heterocycles. The standard InChI is InChI=1S/C19H26N2/c1-2-5-15(6-3-1)14-21-11-9-17(10-12-21)20-19-13-16-7-4-8-18(16)19/h1-6,8,16-20H,7,9-14H2/t16-,18-,19+/m0/s1.